The first-order chi connectivity index (χ1) is 9.47. The van der Waals surface area contributed by atoms with Crippen LogP contribution in [0.2, 0.25) is 0 Å². The molecule has 20 heavy (non-hydrogen) atoms. The van der Waals surface area contributed by atoms with Crippen LogP contribution >= 0.6 is 0 Å². The second kappa shape index (κ2) is 6.43. The molecule has 1 aliphatic heterocycles. The second-order valence-corrected chi connectivity index (χ2v) is 6.08. The predicted molar refractivity (Wildman–Crippen MR) is 78.5 cm³/mol. The summed E-state index contributed by atoms with van der Waals surface area (Å²) in [5.41, 5.74) is 0. The molecule has 1 saturated heterocycles. The summed E-state index contributed by atoms with van der Waals surface area (Å²) in [6.45, 7) is 3.73. The Morgan fingerprint density at radius 2 is 2.15 bits per heavy atom. The van der Waals surface area contributed by atoms with Crippen molar-refractivity contribution in [3.8, 4) is 0 Å². The number of likely N-dealkylation sites (N-methyl/N-ethyl adjacent to an activating group) is 1. The smallest absolute Gasteiger partial charge is 0.243 e. The number of aliphatic imine (C=N–C) groups is 1. The summed E-state index contributed by atoms with van der Waals surface area (Å²) >= 11 is 0. The van der Waals surface area contributed by atoms with Crippen molar-refractivity contribution in [2.45, 2.75) is 38.3 Å². The molecule has 1 amide bonds. The number of aliphatic hydroxyl groups excluding tert-OH is 1. The Morgan fingerprint density at radius 3 is 2.65 bits per heavy atom. The predicted octanol–water partition coefficient (Wildman–Crippen LogP) is -0.115. The minimum absolute atomic E-state index is 0.00590. The fourth-order valence-electron chi connectivity index (χ4n) is 2.30. The van der Waals surface area contributed by atoms with Gasteiger partial charge in [0.2, 0.25) is 5.91 Å². The summed E-state index contributed by atoms with van der Waals surface area (Å²) in [7, 11) is 3.48. The molecule has 2 fully saturated rings. The van der Waals surface area contributed by atoms with Crippen LogP contribution < -0.4 is 5.32 Å². The van der Waals surface area contributed by atoms with Crippen LogP contribution in [-0.2, 0) is 4.79 Å². The molecule has 1 aliphatic carbocycles. The quantitative estimate of drug-likeness (QED) is 0.557. The third-order valence-corrected chi connectivity index (χ3v) is 3.98. The number of guanidine groups is 1. The van der Waals surface area contributed by atoms with E-state index in [1.165, 1.54) is 12.8 Å². The van der Waals surface area contributed by atoms with Crippen LogP contribution in [0.15, 0.2) is 4.99 Å². The Balaban J connectivity index is 1.96. The van der Waals surface area contributed by atoms with Crippen molar-refractivity contribution in [2.24, 2.45) is 10.9 Å². The van der Waals surface area contributed by atoms with Crippen LogP contribution in [-0.4, -0.2) is 72.6 Å². The van der Waals surface area contributed by atoms with Gasteiger partial charge in [0.05, 0.1) is 6.10 Å². The third kappa shape index (κ3) is 4.10. The van der Waals surface area contributed by atoms with Gasteiger partial charge in [-0.25, -0.2) is 4.99 Å². The Morgan fingerprint density at radius 1 is 1.45 bits per heavy atom. The lowest BCUT2D eigenvalue weighted by Crippen LogP contribution is -2.42. The van der Waals surface area contributed by atoms with Crippen molar-refractivity contribution in [3.63, 3.8) is 0 Å². The van der Waals surface area contributed by atoms with Crippen molar-refractivity contribution in [3.05, 3.63) is 0 Å². The third-order valence-electron chi connectivity index (χ3n) is 3.98. The molecule has 1 saturated carbocycles. The molecule has 0 aromatic carbocycles. The van der Waals surface area contributed by atoms with E-state index in [0.29, 0.717) is 12.0 Å². The van der Waals surface area contributed by atoms with Gasteiger partial charge in [-0.05, 0) is 26.2 Å². The number of carbonyl (C=O) groups is 1. The Hall–Kier alpha value is -1.30. The molecule has 114 valence electrons. The summed E-state index contributed by atoms with van der Waals surface area (Å²) in [6, 6.07) is 0.508. The summed E-state index contributed by atoms with van der Waals surface area (Å²) in [6.07, 6.45) is 3.04. The molecule has 2 unspecified atom stereocenters. The highest BCUT2D eigenvalue weighted by molar-refractivity contribution is 5.85. The molecule has 6 nitrogen and oxygen atoms in total. The maximum atomic E-state index is 11.7. The van der Waals surface area contributed by atoms with E-state index < -0.39 is 0 Å². The molecule has 0 spiro atoms. The number of hydrogen-bond donors (Lipinski definition) is 2. The zero-order valence-corrected chi connectivity index (χ0v) is 12.7. The summed E-state index contributed by atoms with van der Waals surface area (Å²) in [4.78, 5) is 19.8. The lowest BCUT2D eigenvalue weighted by atomic mass is 10.0. The molecule has 1 heterocycles. The normalized spacial score (nSPS) is 24.7. The first kappa shape index (κ1) is 15.1. The van der Waals surface area contributed by atoms with E-state index >= 15 is 0 Å². The number of carbonyl (C=O) groups excluding carboxylic acids is 1. The number of nitrogens with zero attached hydrogens (tertiary/aromatic N) is 3. The number of nitrogens with one attached hydrogen (secondary N) is 1. The monoisotopic (exact) mass is 282 g/mol. The first-order valence-electron chi connectivity index (χ1n) is 7.41. The molecule has 0 aromatic heterocycles. The largest absolute Gasteiger partial charge is 0.393 e. The second-order valence-electron chi connectivity index (χ2n) is 6.08. The highest BCUT2D eigenvalue weighted by atomic mass is 16.3. The molecule has 2 atom stereocenters. The fraction of sp³-hybridized carbons (Fsp3) is 0.857. The average molecular weight is 282 g/mol. The van der Waals surface area contributed by atoms with E-state index in [2.05, 4.69) is 15.2 Å². The van der Waals surface area contributed by atoms with E-state index in [-0.39, 0.29) is 18.6 Å². The summed E-state index contributed by atoms with van der Waals surface area (Å²) in [5.74, 6) is 1.13. The Kier molecular flexibility index (Phi) is 4.86. The van der Waals surface area contributed by atoms with Crippen LogP contribution in [0, 0.1) is 5.92 Å². The average Bonchev–Trinajstić information content (AvgIpc) is 3.06. The van der Waals surface area contributed by atoms with E-state index in [0.717, 1.165) is 25.5 Å². The number of likely N-dealkylation sites (tertiary alicyclic amines) is 1. The van der Waals surface area contributed by atoms with Crippen molar-refractivity contribution in [1.82, 2.24) is 15.1 Å². The van der Waals surface area contributed by atoms with Crippen LogP contribution in [0.3, 0.4) is 0 Å². The molecule has 6 heteroatoms. The molecular formula is C14H26N4O2. The van der Waals surface area contributed by atoms with E-state index in [1.54, 1.807) is 19.0 Å². The summed E-state index contributed by atoms with van der Waals surface area (Å²) < 4.78 is 0. The maximum Gasteiger partial charge on any atom is 0.243 e. The van der Waals surface area contributed by atoms with Crippen LogP contribution in [0.4, 0.5) is 0 Å². The van der Waals surface area contributed by atoms with Gasteiger partial charge in [0.25, 0.3) is 0 Å². The van der Waals surface area contributed by atoms with Gasteiger partial charge in [-0.3, -0.25) is 4.79 Å². The number of hydrogen-bond acceptors (Lipinski definition) is 3. The molecule has 2 N–H and O–H groups in total. The van der Waals surface area contributed by atoms with E-state index in [1.807, 2.05) is 6.92 Å². The lowest BCUT2D eigenvalue weighted by molar-refractivity contribution is -0.127. The van der Waals surface area contributed by atoms with Gasteiger partial charge in [0, 0.05) is 39.1 Å². The Labute approximate surface area is 120 Å². The molecule has 2 rings (SSSR count). The highest BCUT2D eigenvalue weighted by Crippen LogP contribution is 2.22. The topological polar surface area (TPSA) is 68.2 Å². The molecule has 0 aromatic rings. The van der Waals surface area contributed by atoms with Crippen molar-refractivity contribution < 1.29 is 9.90 Å². The zero-order chi connectivity index (χ0) is 14.7. The Bertz CT molecular complexity index is 377. The van der Waals surface area contributed by atoms with Gasteiger partial charge in [-0.15, -0.1) is 0 Å². The van der Waals surface area contributed by atoms with Gasteiger partial charge < -0.3 is 20.2 Å². The van der Waals surface area contributed by atoms with Gasteiger partial charge in [-0.2, -0.15) is 0 Å². The van der Waals surface area contributed by atoms with Crippen LogP contribution in [0.5, 0.6) is 0 Å². The van der Waals surface area contributed by atoms with Crippen LogP contribution in [0.1, 0.15) is 26.2 Å². The molecule has 2 aliphatic rings. The number of aliphatic hydroxyl groups is 1. The minimum Gasteiger partial charge on any atom is -0.393 e. The minimum atomic E-state index is -0.286. The maximum absolute atomic E-state index is 11.7. The summed E-state index contributed by atoms with van der Waals surface area (Å²) in [5, 5.41) is 13.1. The zero-order valence-electron chi connectivity index (χ0n) is 12.7. The molecule has 0 bridgehead atoms. The van der Waals surface area contributed by atoms with Crippen molar-refractivity contribution in [2.75, 3.05) is 33.7 Å². The first-order valence-corrected chi connectivity index (χ1v) is 7.41. The van der Waals surface area contributed by atoms with Gasteiger partial charge in [0.15, 0.2) is 5.96 Å². The molecule has 0 radical (unpaired) electrons. The lowest BCUT2D eigenvalue weighted by Gasteiger charge is -2.23. The highest BCUT2D eigenvalue weighted by Gasteiger charge is 2.31. The van der Waals surface area contributed by atoms with Crippen LogP contribution in [0.25, 0.3) is 0 Å². The SMILES string of the molecule is CC(O)C1CCN(C(=NCC(=O)N(C)C)NC2CC2)C1. The van der Waals surface area contributed by atoms with Gasteiger partial charge in [0.1, 0.15) is 6.54 Å². The molecular weight excluding hydrogens is 256 g/mol. The van der Waals surface area contributed by atoms with Gasteiger partial charge in [-0.1, -0.05) is 0 Å². The standard InChI is InChI=1S/C14H26N4O2/c1-10(19)11-6-7-18(9-11)14(16-12-4-5-12)15-8-13(20)17(2)3/h10-12,19H,4-9H2,1-3H3,(H,15,16). The fourth-order valence-corrected chi connectivity index (χ4v) is 2.30. The van der Waals surface area contributed by atoms with E-state index in [4.69, 9.17) is 0 Å². The number of amides is 1. The van der Waals surface area contributed by atoms with E-state index in [9.17, 15) is 9.90 Å². The van der Waals surface area contributed by atoms with Crippen molar-refractivity contribution in [1.29, 1.82) is 0 Å². The van der Waals surface area contributed by atoms with Gasteiger partial charge >= 0.3 is 0 Å². The van der Waals surface area contributed by atoms with Crippen molar-refractivity contribution >= 4 is 11.9 Å². The number of rotatable bonds is 4.